The van der Waals surface area contributed by atoms with Crippen LogP contribution in [-0.2, 0) is 16.0 Å². The smallest absolute Gasteiger partial charge is 0.306 e. The molecule has 0 aliphatic rings. The van der Waals surface area contributed by atoms with Gasteiger partial charge in [0.25, 0.3) is 0 Å². The van der Waals surface area contributed by atoms with Crippen LogP contribution in [-0.4, -0.2) is 12.6 Å². The summed E-state index contributed by atoms with van der Waals surface area (Å²) in [5.41, 5.74) is 4.70. The number of aryl methyl sites for hydroxylation is 1. The van der Waals surface area contributed by atoms with Crippen LogP contribution in [0.2, 0.25) is 0 Å². The molecule has 1 aromatic carbocycles. The lowest BCUT2D eigenvalue weighted by atomic mass is 10.1. The zero-order chi connectivity index (χ0) is 11.8. The molecule has 0 aliphatic carbocycles. The molecule has 0 aliphatic heterocycles. The molecule has 2 N–H and O–H groups in total. The van der Waals surface area contributed by atoms with Gasteiger partial charge in [0, 0.05) is 12.1 Å². The van der Waals surface area contributed by atoms with Gasteiger partial charge in [-0.25, -0.2) is 0 Å². The van der Waals surface area contributed by atoms with Gasteiger partial charge in [0.2, 0.25) is 0 Å². The lowest BCUT2D eigenvalue weighted by Gasteiger charge is -2.05. The van der Waals surface area contributed by atoms with Gasteiger partial charge in [-0.05, 0) is 42.8 Å². The van der Waals surface area contributed by atoms with Crippen LogP contribution < -0.4 is 10.4 Å². The number of rotatable bonds is 6. The third-order valence-corrected chi connectivity index (χ3v) is 2.16. The number of carbonyl (C=O) groups is 1. The number of hydrogen-bond donors (Lipinski definition) is 2. The third kappa shape index (κ3) is 4.51. The summed E-state index contributed by atoms with van der Waals surface area (Å²) in [4.78, 5) is 13.4. The summed E-state index contributed by atoms with van der Waals surface area (Å²) in [6, 6.07) is 7.65. The van der Waals surface area contributed by atoms with E-state index in [1.165, 1.54) is 0 Å². The van der Waals surface area contributed by atoms with E-state index in [1.54, 1.807) is 6.92 Å². The molecule has 88 valence electrons. The van der Waals surface area contributed by atoms with Gasteiger partial charge in [0.1, 0.15) is 0 Å². The van der Waals surface area contributed by atoms with Gasteiger partial charge in [0.15, 0.2) is 0 Å². The zero-order valence-corrected chi connectivity index (χ0v) is 9.88. The van der Waals surface area contributed by atoms with Gasteiger partial charge in [0.05, 0.1) is 6.61 Å². The number of carbonyl (C=O) groups excluding carboxylic acids is 1. The van der Waals surface area contributed by atoms with Crippen molar-refractivity contribution >= 4 is 23.4 Å². The Kier molecular flexibility index (Phi) is 5.67. The fourth-order valence-electron chi connectivity index (χ4n) is 1.29. The van der Waals surface area contributed by atoms with Gasteiger partial charge < -0.3 is 10.2 Å². The first-order chi connectivity index (χ1) is 7.76. The monoisotopic (exact) mass is 242 g/mol. The predicted octanol–water partition coefficient (Wildman–Crippen LogP) is 2.25. The van der Waals surface area contributed by atoms with E-state index >= 15 is 0 Å². The molecule has 0 radical (unpaired) electrons. The Morgan fingerprint density at radius 1 is 1.38 bits per heavy atom. The molecule has 0 amide bonds. The number of esters is 1. The maximum Gasteiger partial charge on any atom is 0.306 e. The summed E-state index contributed by atoms with van der Waals surface area (Å²) in [7, 11) is 0. The molecule has 5 heteroatoms. The molecule has 0 saturated heterocycles. The van der Waals surface area contributed by atoms with Crippen molar-refractivity contribution in [2.24, 2.45) is 0 Å². The van der Waals surface area contributed by atoms with Crippen LogP contribution in [0.3, 0.4) is 0 Å². The molecule has 0 saturated carbocycles. The SMILES string of the molecule is CCOC(=O)CCc1ccc(NNCl)cc1. The number of halogens is 1. The highest BCUT2D eigenvalue weighted by Crippen LogP contribution is 2.10. The molecule has 16 heavy (non-hydrogen) atoms. The first-order valence-corrected chi connectivity index (χ1v) is 5.50. The molecular formula is C11H15ClN2O2. The first-order valence-electron chi connectivity index (χ1n) is 5.12. The largest absolute Gasteiger partial charge is 0.466 e. The number of benzene rings is 1. The quantitative estimate of drug-likeness (QED) is 0.456. The van der Waals surface area contributed by atoms with Crippen molar-refractivity contribution in [1.29, 1.82) is 0 Å². The van der Waals surface area contributed by atoms with Gasteiger partial charge in [-0.2, -0.15) is 0 Å². The number of nitrogens with one attached hydrogen (secondary N) is 2. The summed E-state index contributed by atoms with van der Waals surface area (Å²) < 4.78 is 4.85. The number of hydrazine groups is 1. The van der Waals surface area contributed by atoms with Crippen LogP contribution in [0.5, 0.6) is 0 Å². The Labute approximate surface area is 100 Å². The Balaban J connectivity index is 2.40. The first kappa shape index (κ1) is 12.8. The van der Waals surface area contributed by atoms with Crippen LogP contribution >= 0.6 is 11.8 Å². The molecule has 4 nitrogen and oxygen atoms in total. The van der Waals surface area contributed by atoms with E-state index in [4.69, 9.17) is 16.5 Å². The minimum atomic E-state index is -0.160. The Hall–Kier alpha value is -1.26. The summed E-state index contributed by atoms with van der Waals surface area (Å²) in [5, 5.41) is 0. The van der Waals surface area contributed by atoms with Crippen LogP contribution in [0.1, 0.15) is 18.9 Å². The standard InChI is InChI=1S/C11H15ClN2O2/c1-2-16-11(15)8-5-9-3-6-10(7-4-9)13-14-12/h3-4,6-7,13-14H,2,5,8H2,1H3. The number of anilines is 1. The van der Waals surface area contributed by atoms with Gasteiger partial charge in [-0.15, -0.1) is 4.94 Å². The van der Waals surface area contributed by atoms with E-state index in [2.05, 4.69) is 10.4 Å². The molecule has 0 atom stereocenters. The van der Waals surface area contributed by atoms with E-state index < -0.39 is 0 Å². The topological polar surface area (TPSA) is 50.4 Å². The second kappa shape index (κ2) is 7.09. The molecule has 1 rings (SSSR count). The van der Waals surface area contributed by atoms with E-state index in [-0.39, 0.29) is 5.97 Å². The average molecular weight is 243 g/mol. The highest BCUT2D eigenvalue weighted by molar-refractivity contribution is 6.13. The van der Waals surface area contributed by atoms with Crippen LogP contribution in [0.4, 0.5) is 5.69 Å². The molecule has 0 heterocycles. The van der Waals surface area contributed by atoms with Crippen molar-refractivity contribution in [2.75, 3.05) is 12.0 Å². The van der Waals surface area contributed by atoms with E-state index in [9.17, 15) is 4.79 Å². The van der Waals surface area contributed by atoms with Crippen molar-refractivity contribution < 1.29 is 9.53 Å². The lowest BCUT2D eigenvalue weighted by Crippen LogP contribution is -2.08. The van der Waals surface area contributed by atoms with Gasteiger partial charge in [-0.3, -0.25) is 4.79 Å². The molecular weight excluding hydrogens is 228 g/mol. The second-order valence-electron chi connectivity index (χ2n) is 3.22. The highest BCUT2D eigenvalue weighted by Gasteiger charge is 2.02. The summed E-state index contributed by atoms with van der Waals surface area (Å²) >= 11 is 5.29. The average Bonchev–Trinajstić information content (AvgIpc) is 2.29. The highest BCUT2D eigenvalue weighted by atomic mass is 35.5. The minimum absolute atomic E-state index is 0.160. The second-order valence-corrected chi connectivity index (χ2v) is 3.41. The van der Waals surface area contributed by atoms with Crippen LogP contribution in [0.15, 0.2) is 24.3 Å². The molecule has 0 aromatic heterocycles. The van der Waals surface area contributed by atoms with Crippen molar-refractivity contribution in [3.05, 3.63) is 29.8 Å². The van der Waals surface area contributed by atoms with E-state index in [0.717, 1.165) is 11.3 Å². The predicted molar refractivity (Wildman–Crippen MR) is 64.0 cm³/mol. The Morgan fingerprint density at radius 3 is 2.62 bits per heavy atom. The normalized spacial score (nSPS) is 9.88. The van der Waals surface area contributed by atoms with E-state index in [0.29, 0.717) is 19.4 Å². The van der Waals surface area contributed by atoms with Crippen molar-refractivity contribution in [1.82, 2.24) is 4.94 Å². The number of hydrogen-bond acceptors (Lipinski definition) is 4. The van der Waals surface area contributed by atoms with Crippen LogP contribution in [0, 0.1) is 0 Å². The van der Waals surface area contributed by atoms with Crippen molar-refractivity contribution in [3.8, 4) is 0 Å². The van der Waals surface area contributed by atoms with Crippen LogP contribution in [0.25, 0.3) is 0 Å². The summed E-state index contributed by atoms with van der Waals surface area (Å²) in [6.45, 7) is 2.24. The fourth-order valence-corrected chi connectivity index (χ4v) is 1.40. The Morgan fingerprint density at radius 2 is 2.06 bits per heavy atom. The summed E-state index contributed by atoms with van der Waals surface area (Å²) in [5.74, 6) is -0.160. The fraction of sp³-hybridized carbons (Fsp3) is 0.364. The maximum atomic E-state index is 11.1. The van der Waals surface area contributed by atoms with Crippen molar-refractivity contribution in [2.45, 2.75) is 19.8 Å². The lowest BCUT2D eigenvalue weighted by molar-refractivity contribution is -0.143. The minimum Gasteiger partial charge on any atom is -0.466 e. The third-order valence-electron chi connectivity index (χ3n) is 2.07. The van der Waals surface area contributed by atoms with Gasteiger partial charge in [-0.1, -0.05) is 12.1 Å². The van der Waals surface area contributed by atoms with E-state index in [1.807, 2.05) is 24.3 Å². The molecule has 0 spiro atoms. The maximum absolute atomic E-state index is 11.1. The number of ether oxygens (including phenoxy) is 1. The molecule has 0 fully saturated rings. The van der Waals surface area contributed by atoms with Gasteiger partial charge >= 0.3 is 5.97 Å². The molecule has 0 bridgehead atoms. The summed E-state index contributed by atoms with van der Waals surface area (Å²) in [6.07, 6.45) is 1.10. The molecule has 1 aromatic rings. The molecule has 0 unspecified atom stereocenters. The zero-order valence-electron chi connectivity index (χ0n) is 9.13. The Bertz CT molecular complexity index is 327. The van der Waals surface area contributed by atoms with Crippen molar-refractivity contribution in [3.63, 3.8) is 0 Å².